The molecule has 1 aromatic rings. The van der Waals surface area contributed by atoms with E-state index in [1.807, 2.05) is 11.8 Å². The Morgan fingerprint density at radius 3 is 2.68 bits per heavy atom. The number of halogens is 1. The van der Waals surface area contributed by atoms with Crippen LogP contribution in [0.25, 0.3) is 0 Å². The summed E-state index contributed by atoms with van der Waals surface area (Å²) in [4.78, 5) is 2.04. The Hall–Kier alpha value is -1.13. The van der Waals surface area contributed by atoms with Gasteiger partial charge >= 0.3 is 0 Å². The van der Waals surface area contributed by atoms with E-state index in [2.05, 4.69) is 0 Å². The standard InChI is InChI=1S/C15H22FNO2/c1-9-4-5-17(8-15(9)19)14-6-10(2)13(16)7-12(14)11(3)18/h6-7,9,11,15,18-19H,4-5,8H2,1-3H3/t9?,11-,15?/m1/s1. The molecule has 3 nitrogen and oxygen atoms in total. The molecule has 4 heteroatoms. The molecule has 3 atom stereocenters. The molecule has 0 aliphatic carbocycles. The Labute approximate surface area is 113 Å². The van der Waals surface area contributed by atoms with E-state index in [0.29, 0.717) is 17.7 Å². The van der Waals surface area contributed by atoms with Crippen LogP contribution in [0.1, 0.15) is 37.5 Å². The summed E-state index contributed by atoms with van der Waals surface area (Å²) in [5.41, 5.74) is 1.98. The zero-order valence-corrected chi connectivity index (χ0v) is 11.7. The second-order valence-electron chi connectivity index (χ2n) is 5.62. The second kappa shape index (κ2) is 5.47. The van der Waals surface area contributed by atoms with E-state index in [-0.39, 0.29) is 17.8 Å². The molecule has 19 heavy (non-hydrogen) atoms. The van der Waals surface area contributed by atoms with Crippen LogP contribution in [0.5, 0.6) is 0 Å². The van der Waals surface area contributed by atoms with Gasteiger partial charge in [0.25, 0.3) is 0 Å². The van der Waals surface area contributed by atoms with Gasteiger partial charge in [-0.25, -0.2) is 4.39 Å². The molecule has 1 fully saturated rings. The molecule has 106 valence electrons. The maximum atomic E-state index is 13.6. The van der Waals surface area contributed by atoms with Gasteiger partial charge in [-0.15, -0.1) is 0 Å². The van der Waals surface area contributed by atoms with Gasteiger partial charge in [-0.05, 0) is 43.9 Å². The fourth-order valence-electron chi connectivity index (χ4n) is 2.56. The highest BCUT2D eigenvalue weighted by Crippen LogP contribution is 2.32. The average Bonchev–Trinajstić information content (AvgIpc) is 2.35. The second-order valence-corrected chi connectivity index (χ2v) is 5.62. The van der Waals surface area contributed by atoms with Gasteiger partial charge in [-0.1, -0.05) is 6.92 Å². The lowest BCUT2D eigenvalue weighted by molar-refractivity contribution is 0.102. The smallest absolute Gasteiger partial charge is 0.126 e. The number of aryl methyl sites for hydroxylation is 1. The number of benzene rings is 1. The van der Waals surface area contributed by atoms with Gasteiger partial charge in [0.1, 0.15) is 5.82 Å². The van der Waals surface area contributed by atoms with E-state index in [0.717, 1.165) is 18.7 Å². The van der Waals surface area contributed by atoms with E-state index in [1.54, 1.807) is 19.9 Å². The molecule has 2 unspecified atom stereocenters. The lowest BCUT2D eigenvalue weighted by Crippen LogP contribution is -2.43. The number of hydrogen-bond donors (Lipinski definition) is 2. The van der Waals surface area contributed by atoms with Crippen molar-refractivity contribution >= 4 is 5.69 Å². The van der Waals surface area contributed by atoms with E-state index < -0.39 is 6.10 Å². The van der Waals surface area contributed by atoms with Crippen LogP contribution in [-0.2, 0) is 0 Å². The van der Waals surface area contributed by atoms with Gasteiger partial charge in [0, 0.05) is 24.3 Å². The van der Waals surface area contributed by atoms with Gasteiger partial charge in [-0.3, -0.25) is 0 Å². The lowest BCUT2D eigenvalue weighted by atomic mass is 9.94. The third-order valence-corrected chi connectivity index (χ3v) is 4.02. The summed E-state index contributed by atoms with van der Waals surface area (Å²) in [6.45, 7) is 6.74. The lowest BCUT2D eigenvalue weighted by Gasteiger charge is -2.37. The number of hydrogen-bond acceptors (Lipinski definition) is 3. The molecule has 0 spiro atoms. The van der Waals surface area contributed by atoms with Gasteiger partial charge < -0.3 is 15.1 Å². The molecule has 0 radical (unpaired) electrons. The van der Waals surface area contributed by atoms with Crippen molar-refractivity contribution in [1.29, 1.82) is 0 Å². The monoisotopic (exact) mass is 267 g/mol. The van der Waals surface area contributed by atoms with Gasteiger partial charge in [-0.2, -0.15) is 0 Å². The third kappa shape index (κ3) is 2.90. The molecule has 2 rings (SSSR count). The molecule has 0 bridgehead atoms. The number of aliphatic hydroxyl groups excluding tert-OH is 2. The maximum Gasteiger partial charge on any atom is 0.126 e. The summed E-state index contributed by atoms with van der Waals surface area (Å²) in [5.74, 6) is -0.0154. The molecule has 0 saturated carbocycles. The largest absolute Gasteiger partial charge is 0.391 e. The fraction of sp³-hybridized carbons (Fsp3) is 0.600. The molecular weight excluding hydrogens is 245 g/mol. The normalized spacial score (nSPS) is 25.5. The number of aliphatic hydroxyl groups is 2. The van der Waals surface area contributed by atoms with Crippen LogP contribution in [0, 0.1) is 18.7 Å². The van der Waals surface area contributed by atoms with Crippen molar-refractivity contribution < 1.29 is 14.6 Å². The van der Waals surface area contributed by atoms with Crippen LogP contribution in [0.15, 0.2) is 12.1 Å². The first-order valence-electron chi connectivity index (χ1n) is 6.81. The van der Waals surface area contributed by atoms with Gasteiger partial charge in [0.05, 0.1) is 12.2 Å². The van der Waals surface area contributed by atoms with Gasteiger partial charge in [0.15, 0.2) is 0 Å². The molecule has 0 aromatic heterocycles. The van der Waals surface area contributed by atoms with Crippen molar-refractivity contribution in [2.75, 3.05) is 18.0 Å². The minimum Gasteiger partial charge on any atom is -0.391 e. The van der Waals surface area contributed by atoms with E-state index in [4.69, 9.17) is 0 Å². The van der Waals surface area contributed by atoms with Crippen LogP contribution in [0.4, 0.5) is 10.1 Å². The quantitative estimate of drug-likeness (QED) is 0.864. The summed E-state index contributed by atoms with van der Waals surface area (Å²) in [6, 6.07) is 3.17. The average molecular weight is 267 g/mol. The SMILES string of the molecule is Cc1cc(N2CCC(C)C(O)C2)c([C@@H](C)O)cc1F. The molecule has 1 aliphatic rings. The Morgan fingerprint density at radius 1 is 1.42 bits per heavy atom. The van der Waals surface area contributed by atoms with E-state index >= 15 is 0 Å². The highest BCUT2D eigenvalue weighted by molar-refractivity contribution is 5.57. The fourth-order valence-corrected chi connectivity index (χ4v) is 2.56. The zero-order valence-electron chi connectivity index (χ0n) is 11.7. The van der Waals surface area contributed by atoms with Gasteiger partial charge in [0.2, 0.25) is 0 Å². The first kappa shape index (κ1) is 14.3. The summed E-state index contributed by atoms with van der Waals surface area (Å²) < 4.78 is 13.6. The molecule has 1 saturated heterocycles. The predicted octanol–water partition coefficient (Wildman–Crippen LogP) is 2.39. The number of piperidine rings is 1. The summed E-state index contributed by atoms with van der Waals surface area (Å²) >= 11 is 0. The highest BCUT2D eigenvalue weighted by Gasteiger charge is 2.26. The minimum atomic E-state index is -0.721. The van der Waals surface area contributed by atoms with Crippen molar-refractivity contribution in [3.63, 3.8) is 0 Å². The third-order valence-electron chi connectivity index (χ3n) is 4.02. The van der Waals surface area contributed by atoms with Crippen LogP contribution >= 0.6 is 0 Å². The number of β-amino-alcohol motifs (C(OH)–C–C–N with tert-alkyl or cyclic N) is 1. The van der Waals surface area contributed by atoms with Crippen LogP contribution in [0.2, 0.25) is 0 Å². The highest BCUT2D eigenvalue weighted by atomic mass is 19.1. The number of anilines is 1. The zero-order chi connectivity index (χ0) is 14.2. The van der Waals surface area contributed by atoms with E-state index in [1.165, 1.54) is 6.07 Å². The summed E-state index contributed by atoms with van der Waals surface area (Å²) in [7, 11) is 0. The molecule has 0 amide bonds. The van der Waals surface area contributed by atoms with Crippen molar-refractivity contribution in [2.24, 2.45) is 5.92 Å². The molecule has 1 aliphatic heterocycles. The van der Waals surface area contributed by atoms with Crippen molar-refractivity contribution in [3.05, 3.63) is 29.1 Å². The molecular formula is C15H22FNO2. The Balaban J connectivity index is 2.35. The Morgan fingerprint density at radius 2 is 2.11 bits per heavy atom. The minimum absolute atomic E-state index is 0.285. The molecule has 1 heterocycles. The summed E-state index contributed by atoms with van der Waals surface area (Å²) in [6.07, 6.45) is -0.195. The van der Waals surface area contributed by atoms with Crippen molar-refractivity contribution in [3.8, 4) is 0 Å². The first-order valence-corrected chi connectivity index (χ1v) is 6.81. The number of nitrogens with zero attached hydrogens (tertiary/aromatic N) is 1. The summed E-state index contributed by atoms with van der Waals surface area (Å²) in [5, 5.41) is 19.8. The van der Waals surface area contributed by atoms with Crippen LogP contribution < -0.4 is 4.90 Å². The van der Waals surface area contributed by atoms with Crippen molar-refractivity contribution in [1.82, 2.24) is 0 Å². The van der Waals surface area contributed by atoms with Crippen LogP contribution in [0.3, 0.4) is 0 Å². The topological polar surface area (TPSA) is 43.7 Å². The first-order chi connectivity index (χ1) is 8.90. The number of rotatable bonds is 2. The van der Waals surface area contributed by atoms with Crippen LogP contribution in [-0.4, -0.2) is 29.4 Å². The molecule has 2 N–H and O–H groups in total. The Kier molecular flexibility index (Phi) is 4.11. The van der Waals surface area contributed by atoms with E-state index in [9.17, 15) is 14.6 Å². The molecule has 1 aromatic carbocycles. The Bertz CT molecular complexity index is 462. The maximum absolute atomic E-state index is 13.6. The predicted molar refractivity (Wildman–Crippen MR) is 73.8 cm³/mol. The van der Waals surface area contributed by atoms with Crippen molar-refractivity contribution in [2.45, 2.75) is 39.4 Å².